The fourth-order valence-electron chi connectivity index (χ4n) is 5.26. The van der Waals surface area contributed by atoms with Gasteiger partial charge in [0.25, 0.3) is 0 Å². The zero-order valence-electron chi connectivity index (χ0n) is 24.1. The molecule has 1 aliphatic rings. The summed E-state index contributed by atoms with van der Waals surface area (Å²) in [6, 6.07) is 10.2. The first-order valence-electron chi connectivity index (χ1n) is 13.8. The maximum Gasteiger partial charge on any atom is 0.307 e. The van der Waals surface area contributed by atoms with Gasteiger partial charge in [-0.1, -0.05) is 44.2 Å². The number of benzene rings is 2. The molecule has 0 bridgehead atoms. The Kier molecular flexibility index (Phi) is 9.95. The molecule has 0 aliphatic carbocycles. The van der Waals surface area contributed by atoms with Gasteiger partial charge in [-0.2, -0.15) is 0 Å². The summed E-state index contributed by atoms with van der Waals surface area (Å²) in [6.07, 6.45) is 2.99. The molecule has 0 spiro atoms. The van der Waals surface area contributed by atoms with Gasteiger partial charge in [0.05, 0.1) is 19.6 Å². The maximum atomic E-state index is 14.9. The molecule has 1 unspecified atom stereocenters. The quantitative estimate of drug-likeness (QED) is 0.384. The van der Waals surface area contributed by atoms with Crippen molar-refractivity contribution in [2.75, 3.05) is 20.2 Å². The Bertz CT molecular complexity index is 1380. The lowest BCUT2D eigenvalue weighted by atomic mass is 9.95. The van der Waals surface area contributed by atoms with Crippen LogP contribution in [0.2, 0.25) is 0 Å². The molecule has 1 fully saturated rings. The van der Waals surface area contributed by atoms with Crippen LogP contribution in [0, 0.1) is 17.6 Å². The molecule has 1 aliphatic heterocycles. The summed E-state index contributed by atoms with van der Waals surface area (Å²) in [5.74, 6) is -2.68. The van der Waals surface area contributed by atoms with Crippen molar-refractivity contribution >= 4 is 17.8 Å². The van der Waals surface area contributed by atoms with E-state index in [9.17, 15) is 23.2 Å². The van der Waals surface area contributed by atoms with E-state index < -0.39 is 41.6 Å². The molecule has 2 heterocycles. The number of hydrogen-bond acceptors (Lipinski definition) is 7. The Labute approximate surface area is 243 Å². The van der Waals surface area contributed by atoms with Crippen LogP contribution in [0.4, 0.5) is 8.78 Å². The Hall–Kier alpha value is -4.25. The zero-order chi connectivity index (χ0) is 30.4. The van der Waals surface area contributed by atoms with E-state index in [0.717, 1.165) is 23.3 Å². The number of carbonyl (C=O) groups is 3. The van der Waals surface area contributed by atoms with Crippen molar-refractivity contribution in [3.63, 3.8) is 0 Å². The number of carbonyl (C=O) groups excluding carboxylic acids is 3. The smallest absolute Gasteiger partial charge is 0.307 e. The summed E-state index contributed by atoms with van der Waals surface area (Å²) >= 11 is 0. The number of rotatable bonds is 9. The molecule has 3 atom stereocenters. The molecular weight excluding hydrogens is 544 g/mol. The third-order valence-electron chi connectivity index (χ3n) is 7.37. The number of ether oxygens (including phenoxy) is 1. The highest BCUT2D eigenvalue weighted by molar-refractivity contribution is 5.89. The number of amides is 2. The number of halogens is 2. The van der Waals surface area contributed by atoms with Crippen LogP contribution in [-0.4, -0.2) is 69.8 Å². The lowest BCUT2D eigenvalue weighted by Crippen LogP contribution is -2.65. The highest BCUT2D eigenvalue weighted by Gasteiger charge is 2.43. The van der Waals surface area contributed by atoms with Gasteiger partial charge in [-0.25, -0.2) is 18.7 Å². The van der Waals surface area contributed by atoms with Gasteiger partial charge in [0.1, 0.15) is 17.7 Å². The van der Waals surface area contributed by atoms with Gasteiger partial charge >= 0.3 is 5.97 Å². The molecule has 9 nitrogen and oxygen atoms in total. The lowest BCUT2D eigenvalue weighted by molar-refractivity contribution is -0.152. The Morgan fingerprint density at radius 1 is 1.00 bits per heavy atom. The largest absolute Gasteiger partial charge is 0.469 e. The Morgan fingerprint density at radius 3 is 2.24 bits per heavy atom. The number of nitrogens with one attached hydrogen (secondary N) is 1. The molecule has 11 heteroatoms. The van der Waals surface area contributed by atoms with Crippen molar-refractivity contribution in [1.29, 1.82) is 0 Å². The predicted molar refractivity (Wildman–Crippen MR) is 152 cm³/mol. The van der Waals surface area contributed by atoms with Crippen LogP contribution in [0.3, 0.4) is 0 Å². The van der Waals surface area contributed by atoms with Crippen molar-refractivity contribution in [2.45, 2.75) is 51.9 Å². The molecule has 2 aromatic carbocycles. The molecule has 2 amide bonds. The molecule has 42 heavy (non-hydrogen) atoms. The summed E-state index contributed by atoms with van der Waals surface area (Å²) in [6.45, 7) is 5.64. The number of piperazine rings is 1. The van der Waals surface area contributed by atoms with Gasteiger partial charge < -0.3 is 15.0 Å². The normalized spacial score (nSPS) is 18.0. The molecule has 1 N–H and O–H groups in total. The third-order valence-corrected chi connectivity index (χ3v) is 7.37. The van der Waals surface area contributed by atoms with Crippen molar-refractivity contribution in [3.05, 3.63) is 83.7 Å². The first kappa shape index (κ1) is 30.7. The number of esters is 1. The van der Waals surface area contributed by atoms with Crippen LogP contribution in [-0.2, 0) is 25.7 Å². The molecule has 4 rings (SSSR count). The fraction of sp³-hybridized carbons (Fsp3) is 0.387. The van der Waals surface area contributed by atoms with Gasteiger partial charge in [0.2, 0.25) is 11.8 Å². The van der Waals surface area contributed by atoms with E-state index >= 15 is 0 Å². The highest BCUT2D eigenvalue weighted by Crippen LogP contribution is 2.33. The summed E-state index contributed by atoms with van der Waals surface area (Å²) in [7, 11) is 1.20. The number of hydrogen-bond donors (Lipinski definition) is 1. The van der Waals surface area contributed by atoms with Crippen LogP contribution >= 0.6 is 0 Å². The van der Waals surface area contributed by atoms with E-state index in [0.29, 0.717) is 5.82 Å². The molecule has 0 radical (unpaired) electrons. The van der Waals surface area contributed by atoms with Crippen molar-refractivity contribution in [3.8, 4) is 11.4 Å². The minimum atomic E-state index is -1.04. The van der Waals surface area contributed by atoms with E-state index in [-0.39, 0.29) is 43.4 Å². The molecule has 3 aromatic rings. The standard InChI is InChI=1S/C31H35F2N5O4/c1-19(2)31(41)38-20(3)17-37(25(15-27(39)42-4)28-23(32)7-5-8-24(28)33)18-26(38)30(40)36-16-21-9-11-22(12-10-21)29-34-13-6-14-35-29/h5-14,19-20,25-26H,15-18H2,1-4H3,(H,36,40)/t20-,25?,26-/m1/s1. The summed E-state index contributed by atoms with van der Waals surface area (Å²) in [5, 5.41) is 2.92. The van der Waals surface area contributed by atoms with Crippen molar-refractivity contribution in [2.24, 2.45) is 5.92 Å². The Morgan fingerprint density at radius 2 is 1.64 bits per heavy atom. The van der Waals surface area contributed by atoms with Crippen molar-refractivity contribution in [1.82, 2.24) is 25.1 Å². The minimum absolute atomic E-state index is 0.0334. The van der Waals surface area contributed by atoms with E-state index in [4.69, 9.17) is 4.74 Å². The van der Waals surface area contributed by atoms with Gasteiger partial charge in [-0.3, -0.25) is 19.3 Å². The van der Waals surface area contributed by atoms with E-state index in [1.54, 1.807) is 49.0 Å². The monoisotopic (exact) mass is 579 g/mol. The second-order valence-corrected chi connectivity index (χ2v) is 10.6. The topological polar surface area (TPSA) is 105 Å². The molecule has 222 valence electrons. The molecule has 1 saturated heterocycles. The number of aromatic nitrogens is 2. The first-order chi connectivity index (χ1) is 20.1. The molecular formula is C31H35F2N5O4. The molecule has 1 aromatic heterocycles. The highest BCUT2D eigenvalue weighted by atomic mass is 19.1. The molecule has 0 saturated carbocycles. The number of methoxy groups -OCH3 is 1. The van der Waals surface area contributed by atoms with Gasteiger partial charge in [0.15, 0.2) is 5.82 Å². The average molecular weight is 580 g/mol. The zero-order valence-corrected chi connectivity index (χ0v) is 24.1. The van der Waals surface area contributed by atoms with Crippen LogP contribution in [0.25, 0.3) is 11.4 Å². The van der Waals surface area contributed by atoms with Crippen LogP contribution in [0.5, 0.6) is 0 Å². The second kappa shape index (κ2) is 13.6. The van der Waals surface area contributed by atoms with Crippen LogP contribution in [0.15, 0.2) is 60.9 Å². The summed E-state index contributed by atoms with van der Waals surface area (Å²) in [4.78, 5) is 51.0. The fourth-order valence-corrected chi connectivity index (χ4v) is 5.26. The summed E-state index contributed by atoms with van der Waals surface area (Å²) in [5.41, 5.74) is 1.37. The lowest BCUT2D eigenvalue weighted by Gasteiger charge is -2.48. The Balaban J connectivity index is 1.58. The number of nitrogens with zero attached hydrogens (tertiary/aromatic N) is 4. The third kappa shape index (κ3) is 6.96. The van der Waals surface area contributed by atoms with Crippen molar-refractivity contribution < 1.29 is 27.9 Å². The minimum Gasteiger partial charge on any atom is -0.469 e. The average Bonchev–Trinajstić information content (AvgIpc) is 2.99. The summed E-state index contributed by atoms with van der Waals surface area (Å²) < 4.78 is 34.7. The van der Waals surface area contributed by atoms with E-state index in [1.807, 2.05) is 24.3 Å². The predicted octanol–water partition coefficient (Wildman–Crippen LogP) is 3.90. The maximum absolute atomic E-state index is 14.9. The van der Waals surface area contributed by atoms with Gasteiger partial charge in [-0.15, -0.1) is 0 Å². The van der Waals surface area contributed by atoms with Gasteiger partial charge in [0, 0.05) is 55.1 Å². The van der Waals surface area contributed by atoms with Crippen LogP contribution < -0.4 is 5.32 Å². The van der Waals surface area contributed by atoms with Crippen LogP contribution in [0.1, 0.15) is 44.4 Å². The van der Waals surface area contributed by atoms with E-state index in [2.05, 4.69) is 15.3 Å². The SMILES string of the molecule is COC(=O)CC(c1c(F)cccc1F)N1C[C@@H](C)N(C(=O)C(C)C)[C@@H](C(=O)NCc2ccc(-c3ncccn3)cc2)C1. The van der Waals surface area contributed by atoms with Gasteiger partial charge in [-0.05, 0) is 30.7 Å². The second-order valence-electron chi connectivity index (χ2n) is 10.6. The van der Waals surface area contributed by atoms with E-state index in [1.165, 1.54) is 13.2 Å². The first-order valence-corrected chi connectivity index (χ1v) is 13.8.